The number of benzene rings is 1. The molecule has 3 N–H and O–H groups in total. The highest BCUT2D eigenvalue weighted by molar-refractivity contribution is 6.30. The van der Waals surface area contributed by atoms with Crippen molar-refractivity contribution in [2.45, 2.75) is 25.8 Å². The topological polar surface area (TPSA) is 47.3 Å². The molecule has 1 unspecified atom stereocenters. The molecule has 0 bridgehead atoms. The Morgan fingerprint density at radius 1 is 1.38 bits per heavy atom. The summed E-state index contributed by atoms with van der Waals surface area (Å²) in [6, 6.07) is 8.08. The van der Waals surface area contributed by atoms with E-state index < -0.39 is 0 Å². The van der Waals surface area contributed by atoms with Crippen molar-refractivity contribution in [3.05, 3.63) is 34.9 Å². The van der Waals surface area contributed by atoms with Crippen LogP contribution in [0, 0.1) is 0 Å². The van der Waals surface area contributed by atoms with Gasteiger partial charge >= 0.3 is 0 Å². The smallest absolute Gasteiger partial charge is 0.0481 e. The lowest BCUT2D eigenvalue weighted by molar-refractivity contribution is 0.136. The van der Waals surface area contributed by atoms with Crippen molar-refractivity contribution in [1.29, 1.82) is 0 Å². The van der Waals surface area contributed by atoms with Crippen LogP contribution in [-0.4, -0.2) is 19.3 Å². The number of ether oxygens (including phenoxy) is 1. The molecule has 1 aromatic carbocycles. The van der Waals surface area contributed by atoms with E-state index in [0.717, 1.165) is 31.1 Å². The Morgan fingerprint density at radius 2 is 2.06 bits per heavy atom. The molecule has 1 rings (SSSR count). The molecule has 0 heterocycles. The van der Waals surface area contributed by atoms with Gasteiger partial charge in [0.05, 0.1) is 0 Å². The van der Waals surface area contributed by atoms with Gasteiger partial charge in [0.25, 0.3) is 0 Å². The van der Waals surface area contributed by atoms with Crippen molar-refractivity contribution in [2.24, 2.45) is 5.84 Å². The minimum Gasteiger partial charge on any atom is -0.382 e. The molecule has 0 aliphatic carbocycles. The maximum Gasteiger partial charge on any atom is 0.0481 e. The number of nitrogens with one attached hydrogen (secondary N) is 1. The summed E-state index contributed by atoms with van der Waals surface area (Å²) in [5, 5.41) is 0.760. The fourth-order valence-electron chi connectivity index (χ4n) is 1.52. The van der Waals surface area contributed by atoms with Gasteiger partial charge in [-0.05, 0) is 37.5 Å². The first kappa shape index (κ1) is 13.5. The second-order valence-electron chi connectivity index (χ2n) is 3.68. The molecule has 0 aliphatic rings. The zero-order chi connectivity index (χ0) is 11.8. The number of hydrazine groups is 1. The Hall–Kier alpha value is -0.610. The fourth-order valence-corrected chi connectivity index (χ4v) is 1.65. The second kappa shape index (κ2) is 7.63. The summed E-state index contributed by atoms with van der Waals surface area (Å²) in [6.45, 7) is 3.47. The summed E-state index contributed by atoms with van der Waals surface area (Å²) in [6.07, 6.45) is 1.80. The second-order valence-corrected chi connectivity index (χ2v) is 4.12. The molecule has 3 nitrogen and oxygen atoms in total. The van der Waals surface area contributed by atoms with Crippen LogP contribution in [0.15, 0.2) is 24.3 Å². The Bertz CT molecular complexity index is 290. The Balaban J connectivity index is 2.40. The van der Waals surface area contributed by atoms with E-state index in [1.807, 2.05) is 31.2 Å². The quantitative estimate of drug-likeness (QED) is 0.438. The van der Waals surface area contributed by atoms with Crippen molar-refractivity contribution in [3.63, 3.8) is 0 Å². The molecule has 90 valence electrons. The zero-order valence-corrected chi connectivity index (χ0v) is 10.3. The third kappa shape index (κ3) is 4.94. The van der Waals surface area contributed by atoms with E-state index in [-0.39, 0.29) is 6.04 Å². The molecule has 16 heavy (non-hydrogen) atoms. The maximum absolute atomic E-state index is 5.82. The van der Waals surface area contributed by atoms with Crippen LogP contribution in [0.5, 0.6) is 0 Å². The minimum absolute atomic E-state index is 0.243. The lowest BCUT2D eigenvalue weighted by Crippen LogP contribution is -2.37. The number of rotatable bonds is 7. The summed E-state index contributed by atoms with van der Waals surface area (Å²) in [7, 11) is 0. The molecule has 1 atom stereocenters. The predicted octanol–water partition coefficient (Wildman–Crippen LogP) is 2.14. The maximum atomic E-state index is 5.82. The summed E-state index contributed by atoms with van der Waals surface area (Å²) in [5.41, 5.74) is 4.04. The zero-order valence-electron chi connectivity index (χ0n) is 9.58. The predicted molar refractivity (Wildman–Crippen MR) is 67.4 cm³/mol. The number of hydrogen-bond acceptors (Lipinski definition) is 3. The third-order valence-corrected chi connectivity index (χ3v) is 2.70. The lowest BCUT2D eigenvalue weighted by Gasteiger charge is -2.15. The number of halogens is 1. The summed E-state index contributed by atoms with van der Waals surface area (Å²) in [4.78, 5) is 0. The van der Waals surface area contributed by atoms with E-state index in [9.17, 15) is 0 Å². The summed E-state index contributed by atoms with van der Waals surface area (Å²) in [5.74, 6) is 5.50. The van der Waals surface area contributed by atoms with Gasteiger partial charge in [-0.1, -0.05) is 23.7 Å². The van der Waals surface area contributed by atoms with Gasteiger partial charge in [0.15, 0.2) is 0 Å². The molecular weight excluding hydrogens is 224 g/mol. The molecule has 4 heteroatoms. The molecule has 0 aliphatic heterocycles. The van der Waals surface area contributed by atoms with Crippen LogP contribution in [0.25, 0.3) is 0 Å². The van der Waals surface area contributed by atoms with Gasteiger partial charge in [0.2, 0.25) is 0 Å². The number of hydrogen-bond donors (Lipinski definition) is 2. The SMILES string of the molecule is CCOCCC(Cc1ccc(Cl)cc1)NN. The van der Waals surface area contributed by atoms with Crippen LogP contribution >= 0.6 is 11.6 Å². The van der Waals surface area contributed by atoms with Crippen LogP contribution in [0.4, 0.5) is 0 Å². The van der Waals surface area contributed by atoms with Gasteiger partial charge in [-0.25, -0.2) is 0 Å². The molecule has 0 radical (unpaired) electrons. The molecule has 1 aromatic rings. The van der Waals surface area contributed by atoms with E-state index in [0.29, 0.717) is 0 Å². The van der Waals surface area contributed by atoms with Crippen molar-refractivity contribution in [2.75, 3.05) is 13.2 Å². The highest BCUT2D eigenvalue weighted by atomic mass is 35.5. The van der Waals surface area contributed by atoms with Crippen molar-refractivity contribution in [3.8, 4) is 0 Å². The van der Waals surface area contributed by atoms with E-state index >= 15 is 0 Å². The average molecular weight is 243 g/mol. The average Bonchev–Trinajstić information content (AvgIpc) is 2.31. The molecule has 0 aromatic heterocycles. The standard InChI is InChI=1S/C12H19ClN2O/c1-2-16-8-7-12(15-14)9-10-3-5-11(13)6-4-10/h3-6,12,15H,2,7-9,14H2,1H3. The first-order chi connectivity index (χ1) is 7.76. The van der Waals surface area contributed by atoms with Crippen LogP contribution in [0.1, 0.15) is 18.9 Å². The monoisotopic (exact) mass is 242 g/mol. The highest BCUT2D eigenvalue weighted by Gasteiger charge is 2.07. The van der Waals surface area contributed by atoms with Gasteiger partial charge < -0.3 is 4.74 Å². The van der Waals surface area contributed by atoms with Crippen LogP contribution < -0.4 is 11.3 Å². The van der Waals surface area contributed by atoms with Crippen LogP contribution in [0.3, 0.4) is 0 Å². The first-order valence-electron chi connectivity index (χ1n) is 5.54. The normalized spacial score (nSPS) is 12.7. The van der Waals surface area contributed by atoms with Crippen LogP contribution in [0.2, 0.25) is 5.02 Å². The summed E-state index contributed by atoms with van der Waals surface area (Å²) < 4.78 is 5.31. The molecule has 0 saturated carbocycles. The molecule has 0 amide bonds. The Labute approximate surface area is 102 Å². The van der Waals surface area contributed by atoms with Gasteiger partial charge in [-0.15, -0.1) is 0 Å². The Morgan fingerprint density at radius 3 is 2.62 bits per heavy atom. The van der Waals surface area contributed by atoms with E-state index in [4.69, 9.17) is 22.2 Å². The largest absolute Gasteiger partial charge is 0.382 e. The first-order valence-corrected chi connectivity index (χ1v) is 5.92. The fraction of sp³-hybridized carbons (Fsp3) is 0.500. The van der Waals surface area contributed by atoms with E-state index in [1.165, 1.54) is 5.56 Å². The lowest BCUT2D eigenvalue weighted by atomic mass is 10.0. The van der Waals surface area contributed by atoms with Crippen molar-refractivity contribution < 1.29 is 4.74 Å². The third-order valence-electron chi connectivity index (χ3n) is 2.45. The Kier molecular flexibility index (Phi) is 6.42. The van der Waals surface area contributed by atoms with Crippen LogP contribution in [-0.2, 0) is 11.2 Å². The minimum atomic E-state index is 0.243. The van der Waals surface area contributed by atoms with Gasteiger partial charge in [-0.3, -0.25) is 11.3 Å². The summed E-state index contributed by atoms with van der Waals surface area (Å²) >= 11 is 5.82. The molecule has 0 fully saturated rings. The van der Waals surface area contributed by atoms with Crippen molar-refractivity contribution >= 4 is 11.6 Å². The molecule has 0 spiro atoms. The van der Waals surface area contributed by atoms with Crippen molar-refractivity contribution in [1.82, 2.24) is 5.43 Å². The van der Waals surface area contributed by atoms with E-state index in [1.54, 1.807) is 0 Å². The highest BCUT2D eigenvalue weighted by Crippen LogP contribution is 2.11. The van der Waals surface area contributed by atoms with Gasteiger partial charge in [-0.2, -0.15) is 0 Å². The molecule has 0 saturated heterocycles. The number of nitrogens with two attached hydrogens (primary N) is 1. The van der Waals surface area contributed by atoms with Gasteiger partial charge in [0, 0.05) is 24.3 Å². The molecular formula is C12H19ClN2O. The van der Waals surface area contributed by atoms with Gasteiger partial charge in [0.1, 0.15) is 0 Å². The van der Waals surface area contributed by atoms with E-state index in [2.05, 4.69) is 5.43 Å².